The van der Waals surface area contributed by atoms with Crippen LogP contribution in [0.5, 0.6) is 5.75 Å². The number of aromatic nitrogens is 4. The van der Waals surface area contributed by atoms with Crippen LogP contribution in [0.4, 0.5) is 22.0 Å². The van der Waals surface area contributed by atoms with E-state index in [1.165, 1.54) is 12.1 Å². The zero-order valence-corrected chi connectivity index (χ0v) is 17.8. The summed E-state index contributed by atoms with van der Waals surface area (Å²) in [6.45, 7) is 1.64. The van der Waals surface area contributed by atoms with Crippen LogP contribution in [-0.2, 0) is 0 Å². The molecule has 0 aliphatic heterocycles. The maximum Gasteiger partial charge on any atom is 0.267 e. The van der Waals surface area contributed by atoms with Gasteiger partial charge in [-0.1, -0.05) is 17.7 Å². The van der Waals surface area contributed by atoms with E-state index >= 15 is 0 Å². The van der Waals surface area contributed by atoms with Crippen molar-refractivity contribution in [1.82, 2.24) is 19.5 Å². The lowest BCUT2D eigenvalue weighted by atomic mass is 10.2. The summed E-state index contributed by atoms with van der Waals surface area (Å²) in [4.78, 5) is 25.8. The molecule has 2 heterocycles. The molecule has 2 aromatic carbocycles. The molecule has 1 atom stereocenters. The molecule has 0 radical (unpaired) electrons. The fourth-order valence-electron chi connectivity index (χ4n) is 3.42. The average Bonchev–Trinajstić information content (AvgIpc) is 2.72. The van der Waals surface area contributed by atoms with Crippen LogP contribution in [0.15, 0.2) is 41.2 Å². The summed E-state index contributed by atoms with van der Waals surface area (Å²) < 4.78 is 15.2. The topological polar surface area (TPSA) is 169 Å². The minimum atomic E-state index is -0.771. The maximum atomic E-state index is 14.1. The summed E-state index contributed by atoms with van der Waals surface area (Å²) in [5.41, 5.74) is 11.1. The number of phenolic OH excluding ortho intramolecular Hbond substituents is 1. The van der Waals surface area contributed by atoms with Gasteiger partial charge < -0.3 is 21.9 Å². The number of nitrogen functional groups attached to an aromatic ring is 2. The molecule has 0 spiro atoms. The van der Waals surface area contributed by atoms with Crippen molar-refractivity contribution in [3.05, 3.63) is 69.0 Å². The van der Waals surface area contributed by atoms with Crippen molar-refractivity contribution in [2.75, 3.05) is 16.8 Å². The van der Waals surface area contributed by atoms with Crippen molar-refractivity contribution in [2.45, 2.75) is 13.0 Å². The van der Waals surface area contributed by atoms with Gasteiger partial charge in [-0.05, 0) is 25.1 Å². The molecule has 4 aromatic rings. The number of anilines is 3. The van der Waals surface area contributed by atoms with E-state index < -0.39 is 17.4 Å². The molecule has 0 fully saturated rings. The van der Waals surface area contributed by atoms with Gasteiger partial charge in [0.15, 0.2) is 5.82 Å². The van der Waals surface area contributed by atoms with Gasteiger partial charge in [0, 0.05) is 12.1 Å². The number of halogens is 2. The highest BCUT2D eigenvalue weighted by atomic mass is 35.5. The van der Waals surface area contributed by atoms with Crippen LogP contribution in [0, 0.1) is 17.1 Å². The van der Waals surface area contributed by atoms with Crippen LogP contribution in [0.25, 0.3) is 16.6 Å². The number of hydrogen-bond acceptors (Lipinski definition) is 9. The van der Waals surface area contributed by atoms with Crippen molar-refractivity contribution in [3.63, 3.8) is 0 Å². The molecule has 4 rings (SSSR count). The Morgan fingerprint density at radius 1 is 1.24 bits per heavy atom. The molecule has 6 N–H and O–H groups in total. The van der Waals surface area contributed by atoms with E-state index in [1.54, 1.807) is 19.1 Å². The smallest absolute Gasteiger partial charge is 0.267 e. The molecule has 0 amide bonds. The standard InChI is InChI=1S/C21H16ClFN8O2/c1-9(27-18-13(8-24)17(25)29-21(26)30-18)19-28-15-4-2-3-14(22)16(15)20(33)31(19)11-5-10(23)6-12(32)7-11/h2-7,9,32H,1H3,(H5,25,26,27,29,30). The Bertz CT molecular complexity index is 1500. The highest BCUT2D eigenvalue weighted by Gasteiger charge is 2.22. The third kappa shape index (κ3) is 3.95. The van der Waals surface area contributed by atoms with Crippen LogP contribution in [0.3, 0.4) is 0 Å². The van der Waals surface area contributed by atoms with Gasteiger partial charge in [0.1, 0.15) is 34.8 Å². The number of nitriles is 1. The van der Waals surface area contributed by atoms with Crippen LogP contribution < -0.4 is 22.3 Å². The predicted molar refractivity (Wildman–Crippen MR) is 122 cm³/mol. The molecular weight excluding hydrogens is 451 g/mol. The monoisotopic (exact) mass is 466 g/mol. The number of aromatic hydroxyl groups is 1. The minimum absolute atomic E-state index is 0.0256. The summed E-state index contributed by atoms with van der Waals surface area (Å²) in [7, 11) is 0. The second-order valence-electron chi connectivity index (χ2n) is 7.08. The fraction of sp³-hybridized carbons (Fsp3) is 0.0952. The highest BCUT2D eigenvalue weighted by Crippen LogP contribution is 2.28. The molecule has 0 aliphatic rings. The number of phenols is 1. The molecule has 0 aliphatic carbocycles. The Kier molecular flexibility index (Phi) is 5.45. The average molecular weight is 467 g/mol. The van der Waals surface area contributed by atoms with E-state index in [4.69, 9.17) is 23.1 Å². The van der Waals surface area contributed by atoms with E-state index in [2.05, 4.69) is 20.3 Å². The number of benzene rings is 2. The minimum Gasteiger partial charge on any atom is -0.508 e. The van der Waals surface area contributed by atoms with Gasteiger partial charge in [0.25, 0.3) is 5.56 Å². The number of rotatable bonds is 4. The summed E-state index contributed by atoms with van der Waals surface area (Å²) >= 11 is 6.25. The van der Waals surface area contributed by atoms with Crippen molar-refractivity contribution >= 4 is 40.1 Å². The van der Waals surface area contributed by atoms with E-state index in [1.807, 2.05) is 6.07 Å². The van der Waals surface area contributed by atoms with E-state index in [0.717, 1.165) is 16.7 Å². The molecular formula is C21H16ClFN8O2. The Morgan fingerprint density at radius 3 is 2.70 bits per heavy atom. The van der Waals surface area contributed by atoms with Gasteiger partial charge in [0.2, 0.25) is 5.95 Å². The van der Waals surface area contributed by atoms with Gasteiger partial charge in [-0.3, -0.25) is 9.36 Å². The molecule has 12 heteroatoms. The summed E-state index contributed by atoms with van der Waals surface area (Å²) in [6.07, 6.45) is 0. The quantitative estimate of drug-likeness (QED) is 0.353. The molecule has 10 nitrogen and oxygen atoms in total. The zero-order chi connectivity index (χ0) is 23.9. The lowest BCUT2D eigenvalue weighted by molar-refractivity contribution is 0.468. The van der Waals surface area contributed by atoms with Crippen molar-refractivity contribution in [3.8, 4) is 17.5 Å². The molecule has 0 bridgehead atoms. The second kappa shape index (κ2) is 8.25. The van der Waals surface area contributed by atoms with Gasteiger partial charge in [-0.2, -0.15) is 15.2 Å². The third-order valence-corrected chi connectivity index (χ3v) is 5.12. The van der Waals surface area contributed by atoms with Crippen LogP contribution in [0.1, 0.15) is 24.4 Å². The Labute approximate surface area is 190 Å². The number of nitrogens with zero attached hydrogens (tertiary/aromatic N) is 5. The first-order chi connectivity index (χ1) is 15.7. The fourth-order valence-corrected chi connectivity index (χ4v) is 3.67. The number of fused-ring (bicyclic) bond motifs is 1. The molecule has 166 valence electrons. The lowest BCUT2D eigenvalue weighted by Gasteiger charge is -2.21. The summed E-state index contributed by atoms with van der Waals surface area (Å²) in [6, 6.07) is 9.10. The first-order valence-electron chi connectivity index (χ1n) is 9.50. The lowest BCUT2D eigenvalue weighted by Crippen LogP contribution is -2.28. The summed E-state index contributed by atoms with van der Waals surface area (Å²) in [5.74, 6) is -1.27. The summed E-state index contributed by atoms with van der Waals surface area (Å²) in [5, 5.41) is 22.6. The first-order valence-corrected chi connectivity index (χ1v) is 9.88. The zero-order valence-electron chi connectivity index (χ0n) is 17.0. The first kappa shape index (κ1) is 21.8. The largest absolute Gasteiger partial charge is 0.508 e. The number of hydrogen-bond donors (Lipinski definition) is 4. The molecule has 0 saturated heterocycles. The Balaban J connectivity index is 1.97. The van der Waals surface area contributed by atoms with Crippen molar-refractivity contribution in [1.29, 1.82) is 5.26 Å². The Hall–Kier alpha value is -4.43. The SMILES string of the molecule is CC(Nc1nc(N)nc(N)c1C#N)c1nc2cccc(Cl)c2c(=O)n1-c1cc(O)cc(F)c1. The molecule has 2 aromatic heterocycles. The number of nitrogens with two attached hydrogens (primary N) is 2. The van der Waals surface area contributed by atoms with Crippen LogP contribution >= 0.6 is 11.6 Å². The highest BCUT2D eigenvalue weighted by molar-refractivity contribution is 6.35. The molecule has 0 saturated carbocycles. The number of nitrogens with one attached hydrogen (secondary N) is 1. The van der Waals surface area contributed by atoms with Gasteiger partial charge in [-0.25, -0.2) is 9.37 Å². The molecule has 33 heavy (non-hydrogen) atoms. The van der Waals surface area contributed by atoms with E-state index in [-0.39, 0.29) is 50.8 Å². The van der Waals surface area contributed by atoms with Gasteiger partial charge in [0.05, 0.1) is 27.7 Å². The van der Waals surface area contributed by atoms with E-state index in [9.17, 15) is 19.6 Å². The van der Waals surface area contributed by atoms with Crippen LogP contribution in [-0.4, -0.2) is 24.6 Å². The Morgan fingerprint density at radius 2 is 2.00 bits per heavy atom. The van der Waals surface area contributed by atoms with Crippen molar-refractivity contribution < 1.29 is 9.50 Å². The van der Waals surface area contributed by atoms with Gasteiger partial charge in [-0.15, -0.1) is 0 Å². The normalized spacial score (nSPS) is 11.8. The molecule has 1 unspecified atom stereocenters. The van der Waals surface area contributed by atoms with Crippen LogP contribution in [0.2, 0.25) is 5.02 Å². The van der Waals surface area contributed by atoms with Crippen molar-refractivity contribution in [2.24, 2.45) is 0 Å². The third-order valence-electron chi connectivity index (χ3n) is 4.80. The maximum absolute atomic E-state index is 14.1. The second-order valence-corrected chi connectivity index (χ2v) is 7.49. The predicted octanol–water partition coefficient (Wildman–Crippen LogP) is 2.88. The van der Waals surface area contributed by atoms with E-state index in [0.29, 0.717) is 5.52 Å². The van der Waals surface area contributed by atoms with Gasteiger partial charge >= 0.3 is 0 Å².